The summed E-state index contributed by atoms with van der Waals surface area (Å²) in [7, 11) is 1.56. The number of aromatic amines is 1. The molecule has 0 radical (unpaired) electrons. The summed E-state index contributed by atoms with van der Waals surface area (Å²) in [5, 5.41) is 4.45. The van der Waals surface area contributed by atoms with Crippen molar-refractivity contribution in [2.24, 2.45) is 5.92 Å². The number of methoxy groups -OCH3 is 1. The maximum absolute atomic E-state index is 13.0. The third kappa shape index (κ3) is 5.02. The number of carbonyl (C=O) groups excluding carboxylic acids is 2. The molecule has 1 fully saturated rings. The lowest BCUT2D eigenvalue weighted by atomic mass is 9.93. The fraction of sp³-hybridized carbons (Fsp3) is 0.333. The molecule has 162 valence electrons. The number of hydrogen-bond acceptors (Lipinski definition) is 3. The highest BCUT2D eigenvalue weighted by Gasteiger charge is 2.26. The van der Waals surface area contributed by atoms with Crippen LogP contribution in [0.4, 0.5) is 5.69 Å². The number of nitrogens with zero attached hydrogens (tertiary/aromatic N) is 1. The fourth-order valence-electron chi connectivity index (χ4n) is 4.17. The van der Waals surface area contributed by atoms with E-state index in [0.717, 1.165) is 36.7 Å². The Morgan fingerprint density at radius 2 is 2.06 bits per heavy atom. The standard InChI is InChI=1S/C24H26ClN3O3/c1-31-22-10-9-18(25)14-20(22)27-23(29)11-8-16-5-4-12-28(15-16)24(30)21-13-17-6-2-3-7-19(17)26-21/h2-3,6-7,9-10,13-14,16,26H,4-5,8,11-12,15H2,1H3,(H,27,29)/t16-/m0/s1. The van der Waals surface area contributed by atoms with Crippen LogP contribution in [-0.4, -0.2) is 41.9 Å². The van der Waals surface area contributed by atoms with Crippen LogP contribution in [0.5, 0.6) is 5.75 Å². The van der Waals surface area contributed by atoms with Gasteiger partial charge in [0.15, 0.2) is 0 Å². The molecule has 0 unspecified atom stereocenters. The van der Waals surface area contributed by atoms with Gasteiger partial charge in [0.05, 0.1) is 12.8 Å². The fourth-order valence-corrected chi connectivity index (χ4v) is 4.34. The first-order valence-corrected chi connectivity index (χ1v) is 10.9. The zero-order chi connectivity index (χ0) is 21.8. The van der Waals surface area contributed by atoms with Crippen LogP contribution >= 0.6 is 11.6 Å². The zero-order valence-corrected chi connectivity index (χ0v) is 18.2. The van der Waals surface area contributed by atoms with Crippen LogP contribution in [0.3, 0.4) is 0 Å². The Kier molecular flexibility index (Phi) is 6.47. The number of carbonyl (C=O) groups is 2. The maximum atomic E-state index is 13.0. The lowest BCUT2D eigenvalue weighted by Crippen LogP contribution is -2.40. The molecule has 2 aromatic carbocycles. The van der Waals surface area contributed by atoms with Crippen molar-refractivity contribution in [2.75, 3.05) is 25.5 Å². The van der Waals surface area contributed by atoms with Crippen molar-refractivity contribution in [2.45, 2.75) is 25.7 Å². The highest BCUT2D eigenvalue weighted by Crippen LogP contribution is 2.28. The number of para-hydroxylation sites is 1. The monoisotopic (exact) mass is 439 g/mol. The number of fused-ring (bicyclic) bond motifs is 1. The second-order valence-corrected chi connectivity index (χ2v) is 8.40. The summed E-state index contributed by atoms with van der Waals surface area (Å²) in [6.45, 7) is 1.42. The number of H-pyrrole nitrogens is 1. The normalized spacial score (nSPS) is 16.3. The van der Waals surface area contributed by atoms with Crippen molar-refractivity contribution >= 4 is 40.0 Å². The summed E-state index contributed by atoms with van der Waals surface area (Å²) in [6.07, 6.45) is 3.07. The Morgan fingerprint density at radius 3 is 2.87 bits per heavy atom. The van der Waals surface area contributed by atoms with Gasteiger partial charge in [0.1, 0.15) is 11.4 Å². The van der Waals surface area contributed by atoms with Crippen molar-refractivity contribution in [3.8, 4) is 5.75 Å². The number of piperidine rings is 1. The molecule has 31 heavy (non-hydrogen) atoms. The van der Waals surface area contributed by atoms with Gasteiger partial charge in [0, 0.05) is 35.4 Å². The first-order chi connectivity index (χ1) is 15.0. The van der Waals surface area contributed by atoms with E-state index in [1.165, 1.54) is 0 Å². The highest BCUT2D eigenvalue weighted by molar-refractivity contribution is 6.31. The van der Waals surface area contributed by atoms with Gasteiger partial charge < -0.3 is 19.9 Å². The predicted molar refractivity (Wildman–Crippen MR) is 123 cm³/mol. The molecule has 6 nitrogen and oxygen atoms in total. The van der Waals surface area contributed by atoms with E-state index in [4.69, 9.17) is 16.3 Å². The first-order valence-electron chi connectivity index (χ1n) is 10.5. The average molecular weight is 440 g/mol. The van der Waals surface area contributed by atoms with Crippen molar-refractivity contribution in [3.05, 3.63) is 59.2 Å². The van der Waals surface area contributed by atoms with Gasteiger partial charge in [-0.25, -0.2) is 0 Å². The van der Waals surface area contributed by atoms with Crippen molar-refractivity contribution in [3.63, 3.8) is 0 Å². The van der Waals surface area contributed by atoms with Crippen LogP contribution in [0.1, 0.15) is 36.2 Å². The summed E-state index contributed by atoms with van der Waals surface area (Å²) in [5.74, 6) is 0.813. The number of amides is 2. The number of likely N-dealkylation sites (tertiary alicyclic amines) is 1. The average Bonchev–Trinajstić information content (AvgIpc) is 3.22. The minimum Gasteiger partial charge on any atom is -0.495 e. The number of halogens is 1. The minimum atomic E-state index is -0.0837. The van der Waals surface area contributed by atoms with Gasteiger partial charge in [0.25, 0.3) is 5.91 Å². The Morgan fingerprint density at radius 1 is 1.23 bits per heavy atom. The smallest absolute Gasteiger partial charge is 0.270 e. The number of benzene rings is 2. The molecule has 2 N–H and O–H groups in total. The molecule has 0 bridgehead atoms. The maximum Gasteiger partial charge on any atom is 0.270 e. The molecule has 1 aromatic heterocycles. The molecule has 2 heterocycles. The molecule has 7 heteroatoms. The number of rotatable bonds is 6. The van der Waals surface area contributed by atoms with E-state index in [9.17, 15) is 9.59 Å². The molecule has 0 spiro atoms. The van der Waals surface area contributed by atoms with Crippen molar-refractivity contribution < 1.29 is 14.3 Å². The van der Waals surface area contributed by atoms with Gasteiger partial charge >= 0.3 is 0 Å². The number of aromatic nitrogens is 1. The minimum absolute atomic E-state index is 0.0222. The topological polar surface area (TPSA) is 74.4 Å². The zero-order valence-electron chi connectivity index (χ0n) is 17.5. The van der Waals surface area contributed by atoms with Gasteiger partial charge in [-0.1, -0.05) is 29.8 Å². The second kappa shape index (κ2) is 9.43. The summed E-state index contributed by atoms with van der Waals surface area (Å²) >= 11 is 6.03. The van der Waals surface area contributed by atoms with Crippen LogP contribution in [-0.2, 0) is 4.79 Å². The SMILES string of the molecule is COc1ccc(Cl)cc1NC(=O)CC[C@@H]1CCCN(C(=O)c2cc3ccccc3[nH]2)C1. The largest absolute Gasteiger partial charge is 0.495 e. The van der Waals surface area contributed by atoms with E-state index in [1.807, 2.05) is 35.2 Å². The van der Waals surface area contributed by atoms with Gasteiger partial charge in [0.2, 0.25) is 5.91 Å². The summed E-state index contributed by atoms with van der Waals surface area (Å²) in [4.78, 5) is 30.6. The van der Waals surface area contributed by atoms with Crippen LogP contribution in [0.2, 0.25) is 5.02 Å². The van der Waals surface area contributed by atoms with E-state index >= 15 is 0 Å². The molecule has 1 aliphatic rings. The first kappa shape index (κ1) is 21.2. The van der Waals surface area contributed by atoms with Gasteiger partial charge in [-0.2, -0.15) is 0 Å². The third-order valence-corrected chi connectivity index (χ3v) is 6.02. The van der Waals surface area contributed by atoms with Gasteiger partial charge in [-0.15, -0.1) is 0 Å². The van der Waals surface area contributed by atoms with E-state index in [2.05, 4.69) is 10.3 Å². The van der Waals surface area contributed by atoms with Crippen LogP contribution in [0.25, 0.3) is 10.9 Å². The predicted octanol–water partition coefficient (Wildman–Crippen LogP) is 5.10. The summed E-state index contributed by atoms with van der Waals surface area (Å²) in [5.41, 5.74) is 2.15. The summed E-state index contributed by atoms with van der Waals surface area (Å²) < 4.78 is 5.28. The number of nitrogens with one attached hydrogen (secondary N) is 2. The van der Waals surface area contributed by atoms with Gasteiger partial charge in [-0.05, 0) is 55.5 Å². The van der Waals surface area contributed by atoms with E-state index in [-0.39, 0.29) is 11.8 Å². The molecule has 1 aliphatic heterocycles. The molecular formula is C24H26ClN3O3. The van der Waals surface area contributed by atoms with E-state index in [0.29, 0.717) is 41.0 Å². The molecule has 2 amide bonds. The molecular weight excluding hydrogens is 414 g/mol. The van der Waals surface area contributed by atoms with E-state index in [1.54, 1.807) is 25.3 Å². The van der Waals surface area contributed by atoms with Crippen molar-refractivity contribution in [1.29, 1.82) is 0 Å². The van der Waals surface area contributed by atoms with Crippen LogP contribution < -0.4 is 10.1 Å². The Labute approximate surface area is 186 Å². The Bertz CT molecular complexity index is 1060. The third-order valence-electron chi connectivity index (χ3n) is 5.78. The Balaban J connectivity index is 1.33. The van der Waals surface area contributed by atoms with Crippen LogP contribution in [0.15, 0.2) is 48.5 Å². The molecule has 0 aliphatic carbocycles. The highest BCUT2D eigenvalue weighted by atomic mass is 35.5. The molecule has 3 aromatic rings. The molecule has 1 atom stereocenters. The number of hydrogen-bond donors (Lipinski definition) is 2. The van der Waals surface area contributed by atoms with Gasteiger partial charge in [-0.3, -0.25) is 9.59 Å². The number of ether oxygens (including phenoxy) is 1. The quantitative estimate of drug-likeness (QED) is 0.561. The van der Waals surface area contributed by atoms with Crippen LogP contribution in [0, 0.1) is 5.92 Å². The second-order valence-electron chi connectivity index (χ2n) is 7.96. The lowest BCUT2D eigenvalue weighted by molar-refractivity contribution is -0.116. The lowest BCUT2D eigenvalue weighted by Gasteiger charge is -2.32. The molecule has 1 saturated heterocycles. The summed E-state index contributed by atoms with van der Waals surface area (Å²) in [6, 6.07) is 14.9. The number of anilines is 1. The molecule has 4 rings (SSSR count). The molecule has 0 saturated carbocycles. The Hall–Kier alpha value is -2.99. The van der Waals surface area contributed by atoms with Crippen molar-refractivity contribution in [1.82, 2.24) is 9.88 Å². The van der Waals surface area contributed by atoms with E-state index < -0.39 is 0 Å².